The van der Waals surface area contributed by atoms with Crippen molar-refractivity contribution in [3.05, 3.63) is 143 Å². The van der Waals surface area contributed by atoms with Crippen molar-refractivity contribution in [1.82, 2.24) is 9.47 Å². The molecule has 0 saturated carbocycles. The molecular weight excluding hydrogens is 738 g/mol. The summed E-state index contributed by atoms with van der Waals surface area (Å²) in [5.74, 6) is 1.51. The van der Waals surface area contributed by atoms with Gasteiger partial charge in [0.25, 0.3) is 11.5 Å². The fourth-order valence-electron chi connectivity index (χ4n) is 6.97. The SMILES string of the molecule is CCN(CC)C(=O)C1=C(C)N=c2s/c(=C/c3cc(Br)c(OCc4cccc5ccccc45)c(OC)c3)c(=O)n2[C@@H]1c1c(OC)ccc2ccccc12. The molecule has 1 aliphatic rings. The highest BCUT2D eigenvalue weighted by Gasteiger charge is 2.36. The van der Waals surface area contributed by atoms with Crippen molar-refractivity contribution in [2.45, 2.75) is 33.4 Å². The fourth-order valence-corrected chi connectivity index (χ4v) is 8.59. The molecule has 0 bridgehead atoms. The lowest BCUT2D eigenvalue weighted by molar-refractivity contribution is -0.127. The van der Waals surface area contributed by atoms with E-state index in [4.69, 9.17) is 19.2 Å². The van der Waals surface area contributed by atoms with E-state index in [1.54, 1.807) is 23.7 Å². The molecule has 10 heteroatoms. The van der Waals surface area contributed by atoms with E-state index in [0.717, 1.165) is 38.2 Å². The molecule has 0 unspecified atom stereocenters. The number of methoxy groups -OCH3 is 2. The van der Waals surface area contributed by atoms with Crippen LogP contribution >= 0.6 is 27.3 Å². The van der Waals surface area contributed by atoms with Gasteiger partial charge in [0.15, 0.2) is 16.3 Å². The number of hydrogen-bond acceptors (Lipinski definition) is 7. The Morgan fingerprint density at radius 3 is 2.29 bits per heavy atom. The maximum Gasteiger partial charge on any atom is 0.271 e. The molecule has 6 aromatic rings. The highest BCUT2D eigenvalue weighted by molar-refractivity contribution is 9.10. The zero-order chi connectivity index (χ0) is 36.5. The Hall–Kier alpha value is -5.19. The van der Waals surface area contributed by atoms with Gasteiger partial charge in [-0.05, 0) is 93.6 Å². The lowest BCUT2D eigenvalue weighted by atomic mass is 9.90. The van der Waals surface area contributed by atoms with E-state index in [1.807, 2.05) is 93.6 Å². The number of ether oxygens (including phenoxy) is 3. The summed E-state index contributed by atoms with van der Waals surface area (Å²) in [6.45, 7) is 7.14. The average molecular weight is 777 g/mol. The quantitative estimate of drug-likeness (QED) is 0.142. The molecule has 7 rings (SSSR count). The van der Waals surface area contributed by atoms with Crippen LogP contribution in [-0.4, -0.2) is 42.7 Å². The van der Waals surface area contributed by atoms with E-state index in [0.29, 0.717) is 62.0 Å². The molecule has 5 aromatic carbocycles. The van der Waals surface area contributed by atoms with Gasteiger partial charge in [0, 0.05) is 18.7 Å². The molecule has 0 saturated heterocycles. The van der Waals surface area contributed by atoms with Crippen molar-refractivity contribution in [2.24, 2.45) is 4.99 Å². The number of amides is 1. The second-order valence-corrected chi connectivity index (χ2v) is 14.3. The monoisotopic (exact) mass is 775 g/mol. The molecule has 0 N–H and O–H groups in total. The zero-order valence-corrected chi connectivity index (χ0v) is 32.0. The van der Waals surface area contributed by atoms with Crippen molar-refractivity contribution in [3.63, 3.8) is 0 Å². The van der Waals surface area contributed by atoms with Gasteiger partial charge >= 0.3 is 0 Å². The lowest BCUT2D eigenvalue weighted by Crippen LogP contribution is -2.43. The number of halogens is 1. The fraction of sp³-hybridized carbons (Fsp3) is 0.214. The van der Waals surface area contributed by atoms with Crippen LogP contribution < -0.4 is 29.1 Å². The minimum atomic E-state index is -0.765. The summed E-state index contributed by atoms with van der Waals surface area (Å²) in [6.07, 6.45) is 1.83. The Balaban J connectivity index is 1.35. The lowest BCUT2D eigenvalue weighted by Gasteiger charge is -2.30. The highest BCUT2D eigenvalue weighted by Crippen LogP contribution is 2.41. The molecule has 2 heterocycles. The predicted molar refractivity (Wildman–Crippen MR) is 211 cm³/mol. The van der Waals surface area contributed by atoms with Crippen LogP contribution in [0, 0.1) is 0 Å². The Morgan fingerprint density at radius 1 is 0.904 bits per heavy atom. The standard InChI is InChI=1S/C42H38BrN3O5S/c1-6-45(7-2)41(48)36-25(3)44-42-46(38(36)37-31-18-11-9-14-28(31)19-20-33(37)49-4)40(47)35(52-42)23-26-21-32(43)39(34(22-26)50-5)51-24-29-16-12-15-27-13-8-10-17-30(27)29/h8-23,38H,6-7,24H2,1-5H3/b35-23+/t38-/m0/s1. The molecule has 1 atom stereocenters. The number of benzene rings is 5. The van der Waals surface area contributed by atoms with Gasteiger partial charge in [0.2, 0.25) is 0 Å². The second-order valence-electron chi connectivity index (χ2n) is 12.4. The minimum absolute atomic E-state index is 0.159. The van der Waals surface area contributed by atoms with E-state index < -0.39 is 6.04 Å². The molecule has 0 spiro atoms. The number of thiazole rings is 1. The van der Waals surface area contributed by atoms with Gasteiger partial charge in [-0.2, -0.15) is 0 Å². The van der Waals surface area contributed by atoms with Crippen LogP contribution in [0.2, 0.25) is 0 Å². The number of fused-ring (bicyclic) bond motifs is 3. The summed E-state index contributed by atoms with van der Waals surface area (Å²) in [6, 6.07) is 29.2. The van der Waals surface area contributed by atoms with Gasteiger partial charge in [-0.15, -0.1) is 0 Å². The first-order valence-electron chi connectivity index (χ1n) is 17.1. The van der Waals surface area contributed by atoms with Gasteiger partial charge in [0.05, 0.1) is 34.5 Å². The normalized spacial score (nSPS) is 14.3. The van der Waals surface area contributed by atoms with Crippen LogP contribution in [0.4, 0.5) is 0 Å². The first-order valence-corrected chi connectivity index (χ1v) is 18.7. The zero-order valence-electron chi connectivity index (χ0n) is 29.6. The Labute approximate surface area is 314 Å². The molecule has 264 valence electrons. The van der Waals surface area contributed by atoms with Crippen LogP contribution in [0.15, 0.2) is 117 Å². The highest BCUT2D eigenvalue weighted by atomic mass is 79.9. The molecule has 0 fully saturated rings. The Morgan fingerprint density at radius 2 is 1.58 bits per heavy atom. The predicted octanol–water partition coefficient (Wildman–Crippen LogP) is 7.77. The van der Waals surface area contributed by atoms with Crippen molar-refractivity contribution >= 4 is 60.8 Å². The Bertz CT molecular complexity index is 2560. The number of rotatable bonds is 10. The summed E-state index contributed by atoms with van der Waals surface area (Å²) in [7, 11) is 3.21. The molecule has 8 nitrogen and oxygen atoms in total. The van der Waals surface area contributed by atoms with Crippen LogP contribution in [-0.2, 0) is 11.4 Å². The van der Waals surface area contributed by atoms with E-state index in [1.165, 1.54) is 11.3 Å². The van der Waals surface area contributed by atoms with Crippen LogP contribution in [0.3, 0.4) is 0 Å². The third-order valence-electron chi connectivity index (χ3n) is 9.53. The second kappa shape index (κ2) is 14.8. The summed E-state index contributed by atoms with van der Waals surface area (Å²) in [4.78, 5) is 36.0. The smallest absolute Gasteiger partial charge is 0.271 e. The molecule has 1 aromatic heterocycles. The molecule has 0 radical (unpaired) electrons. The van der Waals surface area contributed by atoms with E-state index in [2.05, 4.69) is 40.2 Å². The van der Waals surface area contributed by atoms with Gasteiger partial charge in [-0.3, -0.25) is 14.2 Å². The summed E-state index contributed by atoms with van der Waals surface area (Å²) >= 11 is 4.99. The molecule has 1 aliphatic heterocycles. The maximum atomic E-state index is 14.6. The summed E-state index contributed by atoms with van der Waals surface area (Å²) in [5, 5.41) is 4.15. The first-order chi connectivity index (χ1) is 25.3. The topological polar surface area (TPSA) is 82.4 Å². The third-order valence-corrected chi connectivity index (χ3v) is 11.1. The number of likely N-dealkylation sites (N-methyl/N-ethyl adjacent to an activating group) is 1. The molecule has 1 amide bonds. The van der Waals surface area contributed by atoms with Gasteiger partial charge in [-0.1, -0.05) is 84.1 Å². The number of carbonyl (C=O) groups excluding carboxylic acids is 1. The van der Waals surface area contributed by atoms with Gasteiger partial charge < -0.3 is 19.1 Å². The summed E-state index contributed by atoms with van der Waals surface area (Å²) in [5.41, 5.74) is 3.31. The van der Waals surface area contributed by atoms with Crippen molar-refractivity contribution in [1.29, 1.82) is 0 Å². The van der Waals surface area contributed by atoms with E-state index in [-0.39, 0.29) is 11.5 Å². The summed E-state index contributed by atoms with van der Waals surface area (Å²) < 4.78 is 20.9. The van der Waals surface area contributed by atoms with Crippen LogP contribution in [0.1, 0.15) is 43.5 Å². The first kappa shape index (κ1) is 35.2. The van der Waals surface area contributed by atoms with Crippen molar-refractivity contribution in [2.75, 3.05) is 27.3 Å². The number of hydrogen-bond donors (Lipinski definition) is 0. The van der Waals surface area contributed by atoms with Gasteiger partial charge in [-0.25, -0.2) is 4.99 Å². The maximum absolute atomic E-state index is 14.6. The van der Waals surface area contributed by atoms with E-state index in [9.17, 15) is 9.59 Å². The average Bonchev–Trinajstić information content (AvgIpc) is 3.46. The molecule has 52 heavy (non-hydrogen) atoms. The van der Waals surface area contributed by atoms with Crippen molar-refractivity contribution < 1.29 is 19.0 Å². The van der Waals surface area contributed by atoms with Gasteiger partial charge in [0.1, 0.15) is 18.4 Å². The van der Waals surface area contributed by atoms with Crippen LogP contribution in [0.5, 0.6) is 17.2 Å². The third kappa shape index (κ3) is 6.30. The number of allylic oxidation sites excluding steroid dienone is 1. The van der Waals surface area contributed by atoms with Crippen molar-refractivity contribution in [3.8, 4) is 17.2 Å². The molecular formula is C42H38BrN3O5S. The Kier molecular flexibility index (Phi) is 10.0. The largest absolute Gasteiger partial charge is 0.496 e. The molecule has 0 aliphatic carbocycles. The minimum Gasteiger partial charge on any atom is -0.496 e. The van der Waals surface area contributed by atoms with E-state index >= 15 is 0 Å². The number of aromatic nitrogens is 1. The van der Waals surface area contributed by atoms with Crippen LogP contribution in [0.25, 0.3) is 27.6 Å². The number of nitrogens with zero attached hydrogens (tertiary/aromatic N) is 3. The number of carbonyl (C=O) groups is 1.